The quantitative estimate of drug-likeness (QED) is 0.617. The summed E-state index contributed by atoms with van der Waals surface area (Å²) in [5.41, 5.74) is 10.5. The second-order valence-electron chi connectivity index (χ2n) is 5.18. The third kappa shape index (κ3) is 2.40. The Bertz CT molecular complexity index is 991. The minimum absolute atomic E-state index is 0.265. The molecule has 0 fully saturated rings. The Labute approximate surface area is 131 Å². The molecule has 4 rings (SSSR count). The summed E-state index contributed by atoms with van der Waals surface area (Å²) in [5, 5.41) is 4.34. The van der Waals surface area contributed by atoms with Crippen molar-refractivity contribution in [1.82, 2.24) is 19.6 Å². The highest BCUT2D eigenvalue weighted by Crippen LogP contribution is 2.26. The van der Waals surface area contributed by atoms with Crippen molar-refractivity contribution in [2.45, 2.75) is 0 Å². The van der Waals surface area contributed by atoms with Crippen LogP contribution in [0.4, 0.5) is 10.1 Å². The van der Waals surface area contributed by atoms with Crippen LogP contribution in [0.1, 0.15) is 0 Å². The number of nitrogens with zero attached hydrogens (tertiary/aromatic N) is 4. The van der Waals surface area contributed by atoms with E-state index in [0.29, 0.717) is 11.3 Å². The predicted molar refractivity (Wildman–Crippen MR) is 86.0 cm³/mol. The van der Waals surface area contributed by atoms with Crippen molar-refractivity contribution in [3.63, 3.8) is 0 Å². The number of rotatable bonds is 2. The smallest absolute Gasteiger partial charge is 0.162 e. The molecule has 0 radical (unpaired) electrons. The Morgan fingerprint density at radius 2 is 1.74 bits per heavy atom. The summed E-state index contributed by atoms with van der Waals surface area (Å²) in [6, 6.07) is 8.10. The molecule has 0 aliphatic rings. The average Bonchev–Trinajstić information content (AvgIpc) is 2.98. The first-order valence-electron chi connectivity index (χ1n) is 7.01. The highest BCUT2D eigenvalue weighted by molar-refractivity contribution is 5.78. The molecule has 3 heterocycles. The number of pyridine rings is 1. The fourth-order valence-electron chi connectivity index (χ4n) is 2.47. The maximum absolute atomic E-state index is 13.0. The van der Waals surface area contributed by atoms with Crippen molar-refractivity contribution in [3.05, 3.63) is 67.1 Å². The Morgan fingerprint density at radius 3 is 2.52 bits per heavy atom. The number of halogens is 1. The molecule has 0 bridgehead atoms. The van der Waals surface area contributed by atoms with Crippen LogP contribution in [0.5, 0.6) is 0 Å². The lowest BCUT2D eigenvalue weighted by atomic mass is 10.1. The normalized spacial score (nSPS) is 11.0. The number of benzene rings is 1. The van der Waals surface area contributed by atoms with E-state index in [4.69, 9.17) is 5.73 Å². The van der Waals surface area contributed by atoms with Gasteiger partial charge in [0.15, 0.2) is 5.65 Å². The van der Waals surface area contributed by atoms with Gasteiger partial charge in [0.2, 0.25) is 0 Å². The van der Waals surface area contributed by atoms with E-state index in [9.17, 15) is 4.39 Å². The van der Waals surface area contributed by atoms with E-state index in [0.717, 1.165) is 22.3 Å². The van der Waals surface area contributed by atoms with Gasteiger partial charge in [-0.1, -0.05) is 12.1 Å². The summed E-state index contributed by atoms with van der Waals surface area (Å²) >= 11 is 0. The average molecular weight is 305 g/mol. The number of hydrogen-bond donors (Lipinski definition) is 1. The maximum Gasteiger partial charge on any atom is 0.162 e. The van der Waals surface area contributed by atoms with Crippen LogP contribution in [0, 0.1) is 5.82 Å². The molecule has 0 spiro atoms. The minimum atomic E-state index is -0.265. The molecule has 2 N–H and O–H groups in total. The third-order valence-electron chi connectivity index (χ3n) is 3.60. The highest BCUT2D eigenvalue weighted by atomic mass is 19.1. The molecule has 0 atom stereocenters. The molecule has 3 aromatic heterocycles. The van der Waals surface area contributed by atoms with E-state index in [1.165, 1.54) is 12.1 Å². The molecule has 0 amide bonds. The van der Waals surface area contributed by atoms with Crippen LogP contribution < -0.4 is 5.73 Å². The summed E-state index contributed by atoms with van der Waals surface area (Å²) in [7, 11) is 0. The topological polar surface area (TPSA) is 69.1 Å². The molecule has 1 aromatic carbocycles. The first kappa shape index (κ1) is 13.4. The Morgan fingerprint density at radius 1 is 0.913 bits per heavy atom. The van der Waals surface area contributed by atoms with E-state index in [1.54, 1.807) is 41.4 Å². The molecule has 4 aromatic rings. The van der Waals surface area contributed by atoms with Gasteiger partial charge in [0.05, 0.1) is 11.9 Å². The van der Waals surface area contributed by atoms with Crippen LogP contribution in [-0.4, -0.2) is 19.6 Å². The number of nitrogen functional groups attached to an aromatic ring is 1. The molecule has 5 nitrogen and oxygen atoms in total. The molecular formula is C17H12FN5. The van der Waals surface area contributed by atoms with Gasteiger partial charge in [-0.15, -0.1) is 0 Å². The lowest BCUT2D eigenvalue weighted by molar-refractivity contribution is 0.628. The van der Waals surface area contributed by atoms with Gasteiger partial charge in [0.25, 0.3) is 0 Å². The fourth-order valence-corrected chi connectivity index (χ4v) is 2.47. The first-order chi connectivity index (χ1) is 11.2. The van der Waals surface area contributed by atoms with Gasteiger partial charge in [0, 0.05) is 41.5 Å². The zero-order valence-corrected chi connectivity index (χ0v) is 12.0. The van der Waals surface area contributed by atoms with Crippen molar-refractivity contribution in [2.24, 2.45) is 0 Å². The van der Waals surface area contributed by atoms with Crippen LogP contribution in [-0.2, 0) is 0 Å². The van der Waals surface area contributed by atoms with Gasteiger partial charge < -0.3 is 5.73 Å². The number of nitrogens with two attached hydrogens (primary N) is 1. The van der Waals surface area contributed by atoms with E-state index < -0.39 is 0 Å². The molecule has 6 heteroatoms. The number of aromatic nitrogens is 4. The molecule has 112 valence electrons. The number of hydrogen-bond acceptors (Lipinski definition) is 4. The van der Waals surface area contributed by atoms with E-state index in [2.05, 4.69) is 15.1 Å². The zero-order valence-electron chi connectivity index (χ0n) is 12.0. The molecule has 0 unspecified atom stereocenters. The van der Waals surface area contributed by atoms with E-state index in [1.807, 2.05) is 12.3 Å². The van der Waals surface area contributed by atoms with Gasteiger partial charge in [0.1, 0.15) is 5.82 Å². The summed E-state index contributed by atoms with van der Waals surface area (Å²) in [5.74, 6) is -0.265. The zero-order chi connectivity index (χ0) is 15.8. The molecule has 0 saturated carbocycles. The Hall–Kier alpha value is -3.28. The van der Waals surface area contributed by atoms with Crippen molar-refractivity contribution in [3.8, 4) is 22.3 Å². The van der Waals surface area contributed by atoms with Crippen LogP contribution in [0.25, 0.3) is 27.9 Å². The molecule has 0 saturated heterocycles. The van der Waals surface area contributed by atoms with E-state index >= 15 is 0 Å². The Balaban J connectivity index is 1.81. The standard InChI is InChI=1S/C17H12FN5/c18-14-3-1-11(2-4-14)13-7-21-17-16(9-22-23(17)10-13)12-5-15(19)8-20-6-12/h1-10H,19H2. The molecule has 23 heavy (non-hydrogen) atoms. The fraction of sp³-hybridized carbons (Fsp3) is 0. The van der Waals surface area contributed by atoms with Crippen molar-refractivity contribution in [1.29, 1.82) is 0 Å². The number of anilines is 1. The van der Waals surface area contributed by atoms with Crippen molar-refractivity contribution < 1.29 is 4.39 Å². The van der Waals surface area contributed by atoms with Crippen LogP contribution >= 0.6 is 0 Å². The van der Waals surface area contributed by atoms with Crippen LogP contribution in [0.15, 0.2) is 61.3 Å². The second kappa shape index (κ2) is 5.17. The predicted octanol–water partition coefficient (Wildman–Crippen LogP) is 3.18. The van der Waals surface area contributed by atoms with Crippen molar-refractivity contribution >= 4 is 11.3 Å². The monoisotopic (exact) mass is 305 g/mol. The molecule has 0 aliphatic carbocycles. The summed E-state index contributed by atoms with van der Waals surface area (Å²) in [6.45, 7) is 0. The summed E-state index contributed by atoms with van der Waals surface area (Å²) < 4.78 is 14.7. The van der Waals surface area contributed by atoms with Gasteiger partial charge >= 0.3 is 0 Å². The van der Waals surface area contributed by atoms with Crippen molar-refractivity contribution in [2.75, 3.05) is 5.73 Å². The van der Waals surface area contributed by atoms with Gasteiger partial charge in [-0.25, -0.2) is 13.9 Å². The minimum Gasteiger partial charge on any atom is -0.397 e. The van der Waals surface area contributed by atoms with Gasteiger partial charge in [-0.2, -0.15) is 5.10 Å². The SMILES string of the molecule is Nc1cncc(-c2cnn3cc(-c4ccc(F)cc4)cnc23)c1. The van der Waals surface area contributed by atoms with Crippen LogP contribution in [0.2, 0.25) is 0 Å². The number of fused-ring (bicyclic) bond motifs is 1. The van der Waals surface area contributed by atoms with Gasteiger partial charge in [-0.3, -0.25) is 4.98 Å². The lowest BCUT2D eigenvalue weighted by Crippen LogP contribution is -1.93. The maximum atomic E-state index is 13.0. The first-order valence-corrected chi connectivity index (χ1v) is 7.01. The van der Waals surface area contributed by atoms with Crippen LogP contribution in [0.3, 0.4) is 0 Å². The summed E-state index contributed by atoms with van der Waals surface area (Å²) in [6.07, 6.45) is 8.65. The third-order valence-corrected chi connectivity index (χ3v) is 3.60. The highest BCUT2D eigenvalue weighted by Gasteiger charge is 2.10. The largest absolute Gasteiger partial charge is 0.397 e. The molecular weight excluding hydrogens is 293 g/mol. The lowest BCUT2D eigenvalue weighted by Gasteiger charge is -2.03. The molecule has 0 aliphatic heterocycles. The van der Waals surface area contributed by atoms with E-state index in [-0.39, 0.29) is 5.82 Å². The Kier molecular flexibility index (Phi) is 3.01. The van der Waals surface area contributed by atoms with Gasteiger partial charge in [-0.05, 0) is 23.8 Å². The second-order valence-corrected chi connectivity index (χ2v) is 5.18. The summed E-state index contributed by atoms with van der Waals surface area (Å²) in [4.78, 5) is 8.58.